The number of carbonyl (C=O) groups is 2. The Balaban J connectivity index is 2.46. The van der Waals surface area contributed by atoms with Gasteiger partial charge in [-0.2, -0.15) is 0 Å². The summed E-state index contributed by atoms with van der Waals surface area (Å²) in [5.74, 6) is -0.879. The van der Waals surface area contributed by atoms with E-state index in [9.17, 15) is 14.7 Å². The van der Waals surface area contributed by atoms with E-state index < -0.39 is 11.4 Å². The van der Waals surface area contributed by atoms with Crippen LogP contribution in [0.15, 0.2) is 18.3 Å². The zero-order valence-corrected chi connectivity index (χ0v) is 12.8. The third kappa shape index (κ3) is 4.73. The SMILES string of the molecule is CCC(CC)(CNC(=O)NCc1ccc(C)nc1)C(=O)O. The minimum atomic E-state index is -0.900. The number of carboxylic acid groups (broad SMARTS) is 1. The number of pyridine rings is 1. The van der Waals surface area contributed by atoms with E-state index in [0.717, 1.165) is 11.3 Å². The summed E-state index contributed by atoms with van der Waals surface area (Å²) in [6, 6.07) is 3.39. The number of aryl methyl sites for hydroxylation is 1. The number of carboxylic acids is 1. The number of aromatic nitrogens is 1. The van der Waals surface area contributed by atoms with Gasteiger partial charge in [0.1, 0.15) is 0 Å². The smallest absolute Gasteiger partial charge is 0.315 e. The fraction of sp³-hybridized carbons (Fsp3) is 0.533. The number of nitrogens with one attached hydrogen (secondary N) is 2. The lowest BCUT2D eigenvalue weighted by molar-refractivity contribution is -0.149. The average Bonchev–Trinajstić information content (AvgIpc) is 2.48. The number of aliphatic carboxylic acids is 1. The Morgan fingerprint density at radius 1 is 1.24 bits per heavy atom. The maximum Gasteiger partial charge on any atom is 0.315 e. The van der Waals surface area contributed by atoms with Gasteiger partial charge >= 0.3 is 12.0 Å². The monoisotopic (exact) mass is 293 g/mol. The zero-order valence-electron chi connectivity index (χ0n) is 12.8. The number of rotatable bonds is 7. The molecule has 0 aliphatic rings. The quantitative estimate of drug-likeness (QED) is 0.717. The van der Waals surface area contributed by atoms with Crippen LogP contribution in [0.3, 0.4) is 0 Å². The molecule has 1 heterocycles. The van der Waals surface area contributed by atoms with Gasteiger partial charge < -0.3 is 15.7 Å². The van der Waals surface area contributed by atoms with Crippen LogP contribution < -0.4 is 10.6 Å². The van der Waals surface area contributed by atoms with E-state index in [-0.39, 0.29) is 12.6 Å². The van der Waals surface area contributed by atoms with Crippen LogP contribution in [0.2, 0.25) is 0 Å². The fourth-order valence-corrected chi connectivity index (χ4v) is 1.98. The number of urea groups is 1. The third-order valence-corrected chi connectivity index (χ3v) is 3.82. The molecule has 0 saturated heterocycles. The molecule has 0 radical (unpaired) electrons. The van der Waals surface area contributed by atoms with E-state index in [2.05, 4.69) is 15.6 Å². The van der Waals surface area contributed by atoms with Crippen LogP contribution >= 0.6 is 0 Å². The number of hydrogen-bond donors (Lipinski definition) is 3. The third-order valence-electron chi connectivity index (χ3n) is 3.82. The molecule has 6 nitrogen and oxygen atoms in total. The van der Waals surface area contributed by atoms with Gasteiger partial charge in [0.15, 0.2) is 0 Å². The average molecular weight is 293 g/mol. The lowest BCUT2D eigenvalue weighted by Gasteiger charge is -2.26. The highest BCUT2D eigenvalue weighted by Crippen LogP contribution is 2.25. The Morgan fingerprint density at radius 3 is 2.38 bits per heavy atom. The molecule has 116 valence electrons. The fourth-order valence-electron chi connectivity index (χ4n) is 1.98. The molecule has 1 aromatic rings. The molecule has 3 N–H and O–H groups in total. The van der Waals surface area contributed by atoms with Crippen molar-refractivity contribution in [2.45, 2.75) is 40.2 Å². The second-order valence-electron chi connectivity index (χ2n) is 5.14. The summed E-state index contributed by atoms with van der Waals surface area (Å²) in [5, 5.41) is 14.6. The standard InChI is InChI=1S/C15H23N3O3/c1-4-15(5-2,13(19)20)10-18-14(21)17-9-12-7-6-11(3)16-8-12/h6-8H,4-5,9-10H2,1-3H3,(H,19,20)(H2,17,18,21). The van der Waals surface area contributed by atoms with Gasteiger partial charge in [-0.25, -0.2) is 4.79 Å². The lowest BCUT2D eigenvalue weighted by Crippen LogP contribution is -2.45. The summed E-state index contributed by atoms with van der Waals surface area (Å²) >= 11 is 0. The predicted octanol–water partition coefficient (Wildman–Crippen LogP) is 2.08. The molecule has 0 saturated carbocycles. The first-order valence-electron chi connectivity index (χ1n) is 7.10. The van der Waals surface area contributed by atoms with E-state index in [1.807, 2.05) is 32.9 Å². The highest BCUT2D eigenvalue weighted by molar-refractivity contribution is 5.78. The van der Waals surface area contributed by atoms with Crippen molar-refractivity contribution in [3.8, 4) is 0 Å². The summed E-state index contributed by atoms with van der Waals surface area (Å²) < 4.78 is 0. The Morgan fingerprint density at radius 2 is 1.90 bits per heavy atom. The Bertz CT molecular complexity index is 481. The molecule has 2 amide bonds. The maximum atomic E-state index is 11.7. The summed E-state index contributed by atoms with van der Waals surface area (Å²) in [5.41, 5.74) is 0.912. The summed E-state index contributed by atoms with van der Waals surface area (Å²) in [6.45, 7) is 6.00. The van der Waals surface area contributed by atoms with Crippen LogP contribution in [0, 0.1) is 12.3 Å². The van der Waals surface area contributed by atoms with Crippen molar-refractivity contribution in [2.75, 3.05) is 6.54 Å². The van der Waals surface area contributed by atoms with Crippen molar-refractivity contribution < 1.29 is 14.7 Å². The van der Waals surface area contributed by atoms with Crippen molar-refractivity contribution in [3.63, 3.8) is 0 Å². The van der Waals surface area contributed by atoms with E-state index in [1.54, 1.807) is 6.20 Å². The highest BCUT2D eigenvalue weighted by atomic mass is 16.4. The van der Waals surface area contributed by atoms with E-state index in [0.29, 0.717) is 19.4 Å². The highest BCUT2D eigenvalue weighted by Gasteiger charge is 2.35. The molecular weight excluding hydrogens is 270 g/mol. The van der Waals surface area contributed by atoms with Crippen LogP contribution in [0.25, 0.3) is 0 Å². The molecule has 1 rings (SSSR count). The Hall–Kier alpha value is -2.11. The van der Waals surface area contributed by atoms with Gasteiger partial charge in [0.05, 0.1) is 5.41 Å². The van der Waals surface area contributed by atoms with Crippen LogP contribution in [0.5, 0.6) is 0 Å². The van der Waals surface area contributed by atoms with Crippen molar-refractivity contribution in [1.29, 1.82) is 0 Å². The summed E-state index contributed by atoms with van der Waals surface area (Å²) in [6.07, 6.45) is 2.65. The first-order valence-corrected chi connectivity index (χ1v) is 7.10. The molecule has 0 aliphatic heterocycles. The molecule has 6 heteroatoms. The molecule has 0 atom stereocenters. The van der Waals surface area contributed by atoms with E-state index in [4.69, 9.17) is 0 Å². The minimum absolute atomic E-state index is 0.118. The molecule has 0 aliphatic carbocycles. The van der Waals surface area contributed by atoms with E-state index >= 15 is 0 Å². The van der Waals surface area contributed by atoms with Crippen molar-refractivity contribution in [2.24, 2.45) is 5.41 Å². The molecule has 1 aromatic heterocycles. The van der Waals surface area contributed by atoms with Gasteiger partial charge in [0, 0.05) is 25.0 Å². The second kappa shape index (κ2) is 7.61. The number of hydrogen-bond acceptors (Lipinski definition) is 3. The van der Waals surface area contributed by atoms with Crippen LogP contribution in [-0.4, -0.2) is 28.6 Å². The van der Waals surface area contributed by atoms with Gasteiger partial charge in [0.2, 0.25) is 0 Å². The molecule has 0 unspecified atom stereocenters. The van der Waals surface area contributed by atoms with Crippen LogP contribution in [0.1, 0.15) is 37.9 Å². The molecule has 21 heavy (non-hydrogen) atoms. The summed E-state index contributed by atoms with van der Waals surface area (Å²) in [7, 11) is 0. The first-order chi connectivity index (χ1) is 9.93. The minimum Gasteiger partial charge on any atom is -0.481 e. The molecular formula is C15H23N3O3. The van der Waals surface area contributed by atoms with Gasteiger partial charge in [-0.15, -0.1) is 0 Å². The molecule has 0 bridgehead atoms. The molecule has 0 aromatic carbocycles. The van der Waals surface area contributed by atoms with Crippen LogP contribution in [0.4, 0.5) is 4.79 Å². The number of nitrogens with zero attached hydrogens (tertiary/aromatic N) is 1. The van der Waals surface area contributed by atoms with Crippen molar-refractivity contribution in [1.82, 2.24) is 15.6 Å². The zero-order chi connectivity index (χ0) is 15.9. The number of amides is 2. The Kier molecular flexibility index (Phi) is 6.14. The molecule has 0 fully saturated rings. The predicted molar refractivity (Wildman–Crippen MR) is 79.9 cm³/mol. The van der Waals surface area contributed by atoms with Gasteiger partial charge in [-0.3, -0.25) is 9.78 Å². The topological polar surface area (TPSA) is 91.3 Å². The maximum absolute atomic E-state index is 11.7. The largest absolute Gasteiger partial charge is 0.481 e. The van der Waals surface area contributed by atoms with Gasteiger partial charge in [-0.1, -0.05) is 19.9 Å². The van der Waals surface area contributed by atoms with Crippen molar-refractivity contribution >= 4 is 12.0 Å². The Labute approximate surface area is 125 Å². The normalized spacial score (nSPS) is 11.0. The van der Waals surface area contributed by atoms with Crippen molar-refractivity contribution in [3.05, 3.63) is 29.6 Å². The van der Waals surface area contributed by atoms with Gasteiger partial charge in [0.25, 0.3) is 0 Å². The molecule has 0 spiro atoms. The van der Waals surface area contributed by atoms with Gasteiger partial charge in [-0.05, 0) is 31.4 Å². The summed E-state index contributed by atoms with van der Waals surface area (Å²) in [4.78, 5) is 27.2. The number of carbonyl (C=O) groups excluding carboxylic acids is 1. The van der Waals surface area contributed by atoms with E-state index in [1.165, 1.54) is 0 Å². The second-order valence-corrected chi connectivity index (χ2v) is 5.14. The van der Waals surface area contributed by atoms with Crippen LogP contribution in [-0.2, 0) is 11.3 Å². The lowest BCUT2D eigenvalue weighted by atomic mass is 9.82. The first kappa shape index (κ1) is 16.9.